The molecule has 1 aliphatic heterocycles. The number of hydrogen-bond donors (Lipinski definition) is 1. The van der Waals surface area contributed by atoms with Crippen LogP contribution in [0.25, 0.3) is 0 Å². The van der Waals surface area contributed by atoms with Crippen LogP contribution in [0.5, 0.6) is 0 Å². The molecule has 0 aromatic heterocycles. The highest BCUT2D eigenvalue weighted by Crippen LogP contribution is 2.37. The number of benzene rings is 1. The Bertz CT molecular complexity index is 1040. The highest BCUT2D eigenvalue weighted by atomic mass is 19.2. The van der Waals surface area contributed by atoms with Crippen molar-refractivity contribution >= 4 is 5.91 Å². The van der Waals surface area contributed by atoms with Crippen molar-refractivity contribution in [2.45, 2.75) is 56.5 Å². The summed E-state index contributed by atoms with van der Waals surface area (Å²) >= 11 is 0. The monoisotopic (exact) mass is 453 g/mol. The van der Waals surface area contributed by atoms with Crippen molar-refractivity contribution in [3.8, 4) is 6.07 Å². The lowest BCUT2D eigenvalue weighted by Gasteiger charge is -2.27. The van der Waals surface area contributed by atoms with Gasteiger partial charge < -0.3 is 15.4 Å². The third-order valence-electron chi connectivity index (χ3n) is 6.69. The van der Waals surface area contributed by atoms with Crippen molar-refractivity contribution in [2.24, 2.45) is 5.73 Å². The van der Waals surface area contributed by atoms with Crippen LogP contribution in [0.3, 0.4) is 0 Å². The summed E-state index contributed by atoms with van der Waals surface area (Å²) in [5.74, 6) is -1.91. The summed E-state index contributed by atoms with van der Waals surface area (Å²) in [5, 5.41) is 9.27. The molecule has 1 fully saturated rings. The van der Waals surface area contributed by atoms with Gasteiger partial charge in [-0.2, -0.15) is 5.26 Å². The van der Waals surface area contributed by atoms with E-state index in [1.807, 2.05) is 17.1 Å². The third kappa shape index (κ3) is 5.76. The third-order valence-corrected chi connectivity index (χ3v) is 6.69. The second kappa shape index (κ2) is 10.4. The minimum Gasteiger partial charge on any atom is -0.374 e. The van der Waals surface area contributed by atoms with Crippen LogP contribution in [0, 0.1) is 23.0 Å². The molecule has 1 amide bonds. The number of rotatable bonds is 9. The first-order valence-corrected chi connectivity index (χ1v) is 11.5. The van der Waals surface area contributed by atoms with Gasteiger partial charge in [0.25, 0.3) is 0 Å². The van der Waals surface area contributed by atoms with Crippen LogP contribution < -0.4 is 5.73 Å². The Morgan fingerprint density at radius 3 is 2.88 bits per heavy atom. The highest BCUT2D eigenvalue weighted by Gasteiger charge is 2.34. The molecule has 4 rings (SSSR count). The summed E-state index contributed by atoms with van der Waals surface area (Å²) in [5.41, 5.74) is 9.68. The summed E-state index contributed by atoms with van der Waals surface area (Å²) in [6.07, 6.45) is 11.9. The van der Waals surface area contributed by atoms with Crippen LogP contribution >= 0.6 is 0 Å². The summed E-state index contributed by atoms with van der Waals surface area (Å²) in [6.45, 7) is 1.23. The van der Waals surface area contributed by atoms with Crippen molar-refractivity contribution in [3.05, 3.63) is 70.3 Å². The molecule has 7 heteroatoms. The maximum absolute atomic E-state index is 13.7. The van der Waals surface area contributed by atoms with E-state index in [0.29, 0.717) is 31.6 Å². The van der Waals surface area contributed by atoms with E-state index in [1.54, 1.807) is 6.08 Å². The molecule has 33 heavy (non-hydrogen) atoms. The van der Waals surface area contributed by atoms with E-state index in [-0.39, 0.29) is 30.9 Å². The van der Waals surface area contributed by atoms with E-state index >= 15 is 0 Å². The standard InChI is InChI=1S/C26H29F2N3O2/c27-23-11-19-8-9-21(22(19)12-24(23)28)25(30)13-26(32)31-10-2-5-20(31)16-33-15-18(14-29)4-1-3-17-6-7-17/h1,3-4,6,11-12,20-21,25H,2,5,7-10,13,15-16,30H2. The van der Waals surface area contributed by atoms with E-state index < -0.39 is 17.7 Å². The van der Waals surface area contributed by atoms with Crippen LogP contribution in [-0.2, 0) is 16.0 Å². The van der Waals surface area contributed by atoms with Gasteiger partial charge in [-0.3, -0.25) is 4.79 Å². The lowest BCUT2D eigenvalue weighted by molar-refractivity contribution is -0.133. The Kier molecular flexibility index (Phi) is 7.36. The summed E-state index contributed by atoms with van der Waals surface area (Å²) < 4.78 is 33.0. The number of carbonyl (C=O) groups excluding carboxylic acids is 1. The van der Waals surface area contributed by atoms with Crippen LogP contribution in [0.15, 0.2) is 47.6 Å². The molecule has 1 saturated heterocycles. The molecule has 174 valence electrons. The first-order valence-electron chi connectivity index (χ1n) is 11.5. The van der Waals surface area contributed by atoms with Crippen molar-refractivity contribution in [2.75, 3.05) is 19.8 Å². The molecular weight excluding hydrogens is 424 g/mol. The molecule has 1 heterocycles. The molecule has 3 aliphatic rings. The number of aryl methyl sites for hydroxylation is 1. The Morgan fingerprint density at radius 2 is 2.12 bits per heavy atom. The Labute approximate surface area is 193 Å². The zero-order valence-electron chi connectivity index (χ0n) is 18.6. The van der Waals surface area contributed by atoms with Crippen LogP contribution in [0.1, 0.15) is 49.1 Å². The van der Waals surface area contributed by atoms with E-state index in [1.165, 1.54) is 17.7 Å². The highest BCUT2D eigenvalue weighted by molar-refractivity contribution is 5.77. The number of hydrogen-bond acceptors (Lipinski definition) is 4. The van der Waals surface area contributed by atoms with E-state index in [9.17, 15) is 18.8 Å². The fourth-order valence-corrected chi connectivity index (χ4v) is 4.78. The maximum atomic E-state index is 13.7. The molecule has 0 radical (unpaired) electrons. The Morgan fingerprint density at radius 1 is 1.33 bits per heavy atom. The predicted molar refractivity (Wildman–Crippen MR) is 121 cm³/mol. The smallest absolute Gasteiger partial charge is 0.224 e. The zero-order valence-corrected chi connectivity index (χ0v) is 18.6. The second-order valence-electron chi connectivity index (χ2n) is 9.02. The number of halogens is 2. The van der Waals surface area contributed by atoms with Gasteiger partial charge in [0.1, 0.15) is 0 Å². The van der Waals surface area contributed by atoms with E-state index in [0.717, 1.165) is 30.4 Å². The quantitative estimate of drug-likeness (QED) is 0.452. The van der Waals surface area contributed by atoms with Crippen LogP contribution in [0.4, 0.5) is 8.78 Å². The molecule has 1 aromatic rings. The topological polar surface area (TPSA) is 79.3 Å². The Balaban J connectivity index is 1.29. The van der Waals surface area contributed by atoms with Crippen molar-refractivity contribution in [3.63, 3.8) is 0 Å². The minimum absolute atomic E-state index is 0.0404. The molecule has 3 unspecified atom stereocenters. The SMILES string of the molecule is N#CC(=CC=CC1=CC1)COCC1CCCN1C(=O)CC(N)C1CCc2cc(F)c(F)cc21. The number of likely N-dealkylation sites (tertiary alicyclic amines) is 1. The minimum atomic E-state index is -0.873. The van der Waals surface area contributed by atoms with Gasteiger partial charge in [0, 0.05) is 24.9 Å². The second-order valence-corrected chi connectivity index (χ2v) is 9.02. The number of allylic oxidation sites excluding steroid dienone is 5. The number of nitrogens with two attached hydrogens (primary N) is 1. The maximum Gasteiger partial charge on any atom is 0.224 e. The van der Waals surface area contributed by atoms with E-state index in [4.69, 9.17) is 10.5 Å². The number of amides is 1. The van der Waals surface area contributed by atoms with Crippen molar-refractivity contribution < 1.29 is 18.3 Å². The van der Waals surface area contributed by atoms with Gasteiger partial charge in [-0.05, 0) is 67.0 Å². The average molecular weight is 454 g/mol. The van der Waals surface area contributed by atoms with Crippen LogP contribution in [0.2, 0.25) is 0 Å². The van der Waals surface area contributed by atoms with Gasteiger partial charge in [-0.25, -0.2) is 8.78 Å². The fraction of sp³-hybridized carbons (Fsp3) is 0.462. The molecule has 5 nitrogen and oxygen atoms in total. The predicted octanol–water partition coefficient (Wildman–Crippen LogP) is 4.06. The molecule has 2 aliphatic carbocycles. The summed E-state index contributed by atoms with van der Waals surface area (Å²) in [7, 11) is 0. The van der Waals surface area contributed by atoms with Crippen LogP contribution in [-0.4, -0.2) is 42.6 Å². The number of nitriles is 1. The van der Waals surface area contributed by atoms with Gasteiger partial charge >= 0.3 is 0 Å². The molecule has 1 aromatic carbocycles. The van der Waals surface area contributed by atoms with Crippen molar-refractivity contribution in [1.29, 1.82) is 5.26 Å². The molecular formula is C26H29F2N3O2. The zero-order chi connectivity index (χ0) is 23.4. The first-order chi connectivity index (χ1) is 16.0. The van der Waals surface area contributed by atoms with Gasteiger partial charge in [-0.15, -0.1) is 0 Å². The summed E-state index contributed by atoms with van der Waals surface area (Å²) in [4.78, 5) is 14.8. The fourth-order valence-electron chi connectivity index (χ4n) is 4.78. The van der Waals surface area contributed by atoms with Gasteiger partial charge in [0.15, 0.2) is 11.6 Å². The molecule has 3 atom stereocenters. The normalized spacial score (nSPS) is 22.9. The first kappa shape index (κ1) is 23.3. The summed E-state index contributed by atoms with van der Waals surface area (Å²) in [6, 6.07) is 4.13. The number of fused-ring (bicyclic) bond motifs is 1. The average Bonchev–Trinajstić information content (AvgIpc) is 3.34. The number of nitrogens with zero attached hydrogens (tertiary/aromatic N) is 2. The molecule has 0 saturated carbocycles. The van der Waals surface area contributed by atoms with Gasteiger partial charge in [0.05, 0.1) is 30.9 Å². The van der Waals surface area contributed by atoms with Crippen molar-refractivity contribution in [1.82, 2.24) is 4.90 Å². The van der Waals surface area contributed by atoms with E-state index in [2.05, 4.69) is 12.1 Å². The molecule has 2 N–H and O–H groups in total. The molecule has 0 spiro atoms. The Hall–Kier alpha value is -2.82. The lowest BCUT2D eigenvalue weighted by Crippen LogP contribution is -2.42. The lowest BCUT2D eigenvalue weighted by atomic mass is 9.91. The number of carbonyl (C=O) groups is 1. The number of ether oxygens (including phenoxy) is 1. The van der Waals surface area contributed by atoms with Gasteiger partial charge in [-0.1, -0.05) is 18.2 Å². The largest absolute Gasteiger partial charge is 0.374 e. The van der Waals surface area contributed by atoms with Gasteiger partial charge in [0.2, 0.25) is 5.91 Å². The molecule has 0 bridgehead atoms.